The van der Waals surface area contributed by atoms with Gasteiger partial charge < -0.3 is 10.4 Å². The van der Waals surface area contributed by atoms with Gasteiger partial charge in [0, 0.05) is 37.2 Å². The number of aryl methyl sites for hydroxylation is 2. The highest BCUT2D eigenvalue weighted by molar-refractivity contribution is 5.93. The number of rotatable bonds is 4. The van der Waals surface area contributed by atoms with E-state index < -0.39 is 5.97 Å². The molecule has 2 aromatic rings. The van der Waals surface area contributed by atoms with Crippen molar-refractivity contribution in [3.05, 3.63) is 41.0 Å². The van der Waals surface area contributed by atoms with Gasteiger partial charge in [0.05, 0.1) is 11.4 Å². The fourth-order valence-corrected chi connectivity index (χ4v) is 1.98. The van der Waals surface area contributed by atoms with E-state index in [0.717, 1.165) is 17.0 Å². The Morgan fingerprint density at radius 1 is 1.47 bits per heavy atom. The van der Waals surface area contributed by atoms with Gasteiger partial charge in [-0.25, -0.2) is 4.79 Å². The summed E-state index contributed by atoms with van der Waals surface area (Å²) in [5.41, 5.74) is 3.82. The van der Waals surface area contributed by atoms with Crippen molar-refractivity contribution in [1.82, 2.24) is 14.8 Å². The molecule has 19 heavy (non-hydrogen) atoms. The zero-order valence-electron chi connectivity index (χ0n) is 11.1. The summed E-state index contributed by atoms with van der Waals surface area (Å²) in [7, 11) is 1.89. The highest BCUT2D eigenvalue weighted by Gasteiger charge is 2.12. The number of hydrogen-bond acceptors (Lipinski definition) is 4. The van der Waals surface area contributed by atoms with Gasteiger partial charge in [-0.3, -0.25) is 9.67 Å². The average Bonchev–Trinajstić information content (AvgIpc) is 2.61. The van der Waals surface area contributed by atoms with Gasteiger partial charge in [-0.05, 0) is 19.9 Å². The van der Waals surface area contributed by atoms with Crippen LogP contribution in [-0.2, 0) is 13.6 Å². The molecule has 0 saturated heterocycles. The van der Waals surface area contributed by atoms with Crippen LogP contribution in [0.25, 0.3) is 0 Å². The Bertz CT molecular complexity index is 619. The maximum atomic E-state index is 11.1. The number of nitrogens with zero attached hydrogens (tertiary/aromatic N) is 3. The first-order chi connectivity index (χ1) is 9.00. The Morgan fingerprint density at radius 2 is 2.21 bits per heavy atom. The second-order valence-electron chi connectivity index (χ2n) is 4.35. The van der Waals surface area contributed by atoms with E-state index in [2.05, 4.69) is 15.4 Å². The van der Waals surface area contributed by atoms with Crippen LogP contribution in [0.5, 0.6) is 0 Å². The predicted octanol–water partition coefficient (Wildman–Crippen LogP) is 1.74. The van der Waals surface area contributed by atoms with Gasteiger partial charge in [0.2, 0.25) is 0 Å². The van der Waals surface area contributed by atoms with Crippen LogP contribution < -0.4 is 5.32 Å². The lowest BCUT2D eigenvalue weighted by atomic mass is 10.2. The fourth-order valence-electron chi connectivity index (χ4n) is 1.98. The van der Waals surface area contributed by atoms with Crippen LogP contribution in [0.2, 0.25) is 0 Å². The lowest BCUT2D eigenvalue weighted by Gasteiger charge is -2.09. The third kappa shape index (κ3) is 2.57. The normalized spacial score (nSPS) is 10.5. The van der Waals surface area contributed by atoms with Crippen LogP contribution in [-0.4, -0.2) is 25.8 Å². The van der Waals surface area contributed by atoms with Gasteiger partial charge in [0.25, 0.3) is 0 Å². The highest BCUT2D eigenvalue weighted by atomic mass is 16.4. The molecule has 2 rings (SSSR count). The largest absolute Gasteiger partial charge is 0.478 e. The molecule has 6 nitrogen and oxygen atoms in total. The average molecular weight is 260 g/mol. The molecule has 2 heterocycles. The Hall–Kier alpha value is -2.37. The molecule has 0 unspecified atom stereocenters. The molecule has 0 fully saturated rings. The summed E-state index contributed by atoms with van der Waals surface area (Å²) in [5.74, 6) is -0.991. The number of carboxylic acid groups (broad SMARTS) is 1. The van der Waals surface area contributed by atoms with Crippen LogP contribution in [0.1, 0.15) is 27.3 Å². The number of nitrogens with one attached hydrogen (secondary N) is 1. The van der Waals surface area contributed by atoms with E-state index in [-0.39, 0.29) is 5.56 Å². The van der Waals surface area contributed by atoms with E-state index in [1.165, 1.54) is 6.20 Å². The summed E-state index contributed by atoms with van der Waals surface area (Å²) < 4.78 is 1.82. The number of carbonyl (C=O) groups is 1. The van der Waals surface area contributed by atoms with Crippen molar-refractivity contribution in [1.29, 1.82) is 0 Å². The Morgan fingerprint density at radius 3 is 2.79 bits per heavy atom. The second-order valence-corrected chi connectivity index (χ2v) is 4.35. The number of anilines is 1. The molecule has 0 saturated carbocycles. The summed E-state index contributed by atoms with van der Waals surface area (Å²) in [6, 6.07) is 1.66. The van der Waals surface area contributed by atoms with Crippen molar-refractivity contribution in [2.75, 3.05) is 5.32 Å². The van der Waals surface area contributed by atoms with Gasteiger partial charge in [0.1, 0.15) is 5.56 Å². The van der Waals surface area contributed by atoms with Crippen LogP contribution in [0.3, 0.4) is 0 Å². The molecule has 0 aromatic carbocycles. The Balaban J connectivity index is 2.22. The summed E-state index contributed by atoms with van der Waals surface area (Å²) >= 11 is 0. The third-order valence-corrected chi connectivity index (χ3v) is 3.17. The minimum atomic E-state index is -0.991. The van der Waals surface area contributed by atoms with Crippen molar-refractivity contribution in [2.24, 2.45) is 7.05 Å². The van der Waals surface area contributed by atoms with Crippen molar-refractivity contribution in [3.8, 4) is 0 Å². The third-order valence-electron chi connectivity index (χ3n) is 3.17. The van der Waals surface area contributed by atoms with Crippen LogP contribution in [0.4, 0.5) is 5.69 Å². The minimum absolute atomic E-state index is 0.168. The number of carboxylic acids is 1. The molecule has 0 aliphatic rings. The number of aromatic nitrogens is 3. The van der Waals surface area contributed by atoms with Gasteiger partial charge in [0.15, 0.2) is 0 Å². The molecule has 0 spiro atoms. The first-order valence-corrected chi connectivity index (χ1v) is 5.91. The molecule has 100 valence electrons. The molecule has 0 atom stereocenters. The Kier molecular flexibility index (Phi) is 3.50. The molecule has 0 aliphatic heterocycles. The van der Waals surface area contributed by atoms with Gasteiger partial charge in [-0.1, -0.05) is 0 Å². The highest BCUT2D eigenvalue weighted by Crippen LogP contribution is 2.17. The smallest absolute Gasteiger partial charge is 0.339 e. The zero-order valence-corrected chi connectivity index (χ0v) is 11.1. The predicted molar refractivity (Wildman–Crippen MR) is 71.2 cm³/mol. The van der Waals surface area contributed by atoms with Crippen LogP contribution in [0.15, 0.2) is 18.5 Å². The second kappa shape index (κ2) is 5.09. The van der Waals surface area contributed by atoms with E-state index in [4.69, 9.17) is 5.11 Å². The van der Waals surface area contributed by atoms with E-state index in [1.54, 1.807) is 12.3 Å². The first-order valence-electron chi connectivity index (χ1n) is 5.91. The lowest BCUT2D eigenvalue weighted by molar-refractivity contribution is 0.0697. The number of hydrogen-bond donors (Lipinski definition) is 2. The summed E-state index contributed by atoms with van der Waals surface area (Å²) in [6.45, 7) is 4.46. The van der Waals surface area contributed by atoms with Crippen molar-refractivity contribution in [3.63, 3.8) is 0 Å². The molecule has 2 aromatic heterocycles. The summed E-state index contributed by atoms with van der Waals surface area (Å²) in [4.78, 5) is 14.9. The van der Waals surface area contributed by atoms with Crippen molar-refractivity contribution < 1.29 is 9.90 Å². The summed E-state index contributed by atoms with van der Waals surface area (Å²) in [6.07, 6.45) is 2.91. The number of aromatic carboxylic acids is 1. The van der Waals surface area contributed by atoms with Gasteiger partial charge >= 0.3 is 5.97 Å². The minimum Gasteiger partial charge on any atom is -0.478 e. The maximum Gasteiger partial charge on any atom is 0.339 e. The zero-order chi connectivity index (χ0) is 14.0. The monoisotopic (exact) mass is 260 g/mol. The van der Waals surface area contributed by atoms with E-state index >= 15 is 0 Å². The topological polar surface area (TPSA) is 80.0 Å². The van der Waals surface area contributed by atoms with Gasteiger partial charge in [-0.2, -0.15) is 5.10 Å². The molecular formula is C13H16N4O2. The molecule has 0 amide bonds. The van der Waals surface area contributed by atoms with E-state index in [1.807, 2.05) is 25.6 Å². The molecule has 0 bridgehead atoms. The van der Waals surface area contributed by atoms with Crippen molar-refractivity contribution >= 4 is 11.7 Å². The van der Waals surface area contributed by atoms with E-state index in [9.17, 15) is 4.79 Å². The molecule has 0 aliphatic carbocycles. The lowest BCUT2D eigenvalue weighted by Crippen LogP contribution is -2.08. The van der Waals surface area contributed by atoms with Crippen LogP contribution in [0, 0.1) is 13.8 Å². The SMILES string of the molecule is Cc1nn(C)c(C)c1CNc1ccncc1C(=O)O. The quantitative estimate of drug-likeness (QED) is 0.875. The van der Waals surface area contributed by atoms with Gasteiger partial charge in [-0.15, -0.1) is 0 Å². The Labute approximate surface area is 111 Å². The standard InChI is InChI=1S/C13H16N4O2/c1-8-10(9(2)17(3)16-8)7-15-12-4-5-14-6-11(12)13(18)19/h4-6H,7H2,1-3H3,(H,14,15)(H,18,19). The number of pyridine rings is 1. The molecular weight excluding hydrogens is 244 g/mol. The first kappa shape index (κ1) is 13.1. The van der Waals surface area contributed by atoms with Crippen molar-refractivity contribution in [2.45, 2.75) is 20.4 Å². The fraction of sp³-hybridized carbons (Fsp3) is 0.308. The summed E-state index contributed by atoms with van der Waals surface area (Å²) in [5, 5.41) is 16.5. The van der Waals surface area contributed by atoms with Crippen LogP contribution >= 0.6 is 0 Å². The molecule has 6 heteroatoms. The van der Waals surface area contributed by atoms with E-state index in [0.29, 0.717) is 12.2 Å². The molecule has 2 N–H and O–H groups in total. The maximum absolute atomic E-state index is 11.1. The molecule has 0 radical (unpaired) electrons.